The molecule has 0 amide bonds. The van der Waals surface area contributed by atoms with Crippen molar-refractivity contribution in [2.24, 2.45) is 5.89 Å². The van der Waals surface area contributed by atoms with E-state index in [1.807, 2.05) is 0 Å². The second-order valence-electron chi connectivity index (χ2n) is 6.44. The van der Waals surface area contributed by atoms with Gasteiger partial charge in [-0.25, -0.2) is 0 Å². The zero-order valence-electron chi connectivity index (χ0n) is 16.6. The Labute approximate surface area is 135 Å². The third-order valence-electron chi connectivity index (χ3n) is 5.50. The smallest absolute Gasteiger partial charge is 0.165 e. The number of hydrogen-bond donors (Lipinski definition) is 1. The molecule has 5 rings (SSSR count). The number of aliphatic hydroxyl groups excluding tert-OH is 1. The van der Waals surface area contributed by atoms with Crippen LogP contribution in [0.5, 0.6) is 11.5 Å². The highest BCUT2D eigenvalue weighted by Gasteiger charge is 2.64. The normalized spacial score (nSPS) is 52.7. The van der Waals surface area contributed by atoms with Crippen LogP contribution < -0.4 is 9.47 Å². The monoisotopic (exact) mass is 303 g/mol. The SMILES string of the molecule is [2H]C1([2H])c2ccc(OC)c3c2[C@]24CCN(C)[C@@]1([2H])[C@]2([2H])C=CC(O)C4O3. The quantitative estimate of drug-likeness (QED) is 0.799. The van der Waals surface area contributed by atoms with E-state index in [4.69, 9.17) is 12.2 Å². The molecular formula is C18H21NO3. The fourth-order valence-electron chi connectivity index (χ4n) is 4.50. The second-order valence-corrected chi connectivity index (χ2v) is 6.44. The van der Waals surface area contributed by atoms with Crippen molar-refractivity contribution in [2.45, 2.75) is 36.4 Å². The van der Waals surface area contributed by atoms with Gasteiger partial charge in [-0.15, -0.1) is 0 Å². The van der Waals surface area contributed by atoms with Gasteiger partial charge < -0.3 is 19.5 Å². The van der Waals surface area contributed by atoms with Crippen molar-refractivity contribution in [3.05, 3.63) is 35.4 Å². The fraction of sp³-hybridized carbons (Fsp3) is 0.556. The highest BCUT2D eigenvalue weighted by molar-refractivity contribution is 5.62. The maximum Gasteiger partial charge on any atom is 0.165 e. The average Bonchev–Trinajstić information content (AvgIpc) is 2.96. The summed E-state index contributed by atoms with van der Waals surface area (Å²) in [5.41, 5.74) is -0.0239. The molecule has 1 N–H and O–H groups in total. The summed E-state index contributed by atoms with van der Waals surface area (Å²) in [6, 6.07) is 1.45. The Morgan fingerprint density at radius 1 is 1.50 bits per heavy atom. The number of likely N-dealkylation sites (N-methyl/N-ethyl adjacent to an activating group) is 1. The number of benzene rings is 1. The minimum absolute atomic E-state index is 0.364. The van der Waals surface area contributed by atoms with E-state index in [0.717, 1.165) is 0 Å². The van der Waals surface area contributed by atoms with E-state index in [0.29, 0.717) is 35.6 Å². The molecule has 0 saturated carbocycles. The number of likely N-dealkylation sites (tertiary alicyclic amines) is 1. The lowest BCUT2D eigenvalue weighted by molar-refractivity contribution is -0.0453. The van der Waals surface area contributed by atoms with Crippen LogP contribution >= 0.6 is 0 Å². The van der Waals surface area contributed by atoms with Gasteiger partial charge in [0, 0.05) is 28.4 Å². The van der Waals surface area contributed by atoms with E-state index in [9.17, 15) is 7.85 Å². The standard InChI is InChI=1S/C18H21NO3/c1-19-8-7-18-11-4-5-13(20)17(18)22-16-14(21-2)6-3-10(15(16)18)9-12(11)19/h3-6,11-13,17,20H,7-9H2,1-2H3/t11-,12+,13?,17?,18-/m0/s1/i9D2,11D,12D. The lowest BCUT2D eigenvalue weighted by Crippen LogP contribution is -2.64. The van der Waals surface area contributed by atoms with Crippen LogP contribution in [0.4, 0.5) is 0 Å². The first-order valence-electron chi connectivity index (χ1n) is 9.64. The van der Waals surface area contributed by atoms with E-state index in [1.165, 1.54) is 19.3 Å². The van der Waals surface area contributed by atoms with Crippen LogP contribution in [0, 0.1) is 5.89 Å². The third-order valence-corrected chi connectivity index (χ3v) is 5.50. The summed E-state index contributed by atoms with van der Waals surface area (Å²) in [5, 5.41) is 10.6. The van der Waals surface area contributed by atoms with Crippen molar-refractivity contribution in [3.63, 3.8) is 0 Å². The van der Waals surface area contributed by atoms with Gasteiger partial charge in [-0.1, -0.05) is 18.2 Å². The largest absolute Gasteiger partial charge is 0.493 e. The molecule has 2 aliphatic carbocycles. The first-order valence-corrected chi connectivity index (χ1v) is 7.64. The van der Waals surface area contributed by atoms with Gasteiger partial charge in [-0.2, -0.15) is 0 Å². The van der Waals surface area contributed by atoms with Crippen LogP contribution in [-0.4, -0.2) is 48.9 Å². The van der Waals surface area contributed by atoms with Crippen molar-refractivity contribution < 1.29 is 20.1 Å². The topological polar surface area (TPSA) is 41.9 Å². The molecule has 2 aliphatic heterocycles. The minimum atomic E-state index is -2.10. The van der Waals surface area contributed by atoms with E-state index in [2.05, 4.69) is 0 Å². The van der Waals surface area contributed by atoms with Gasteiger partial charge in [0.25, 0.3) is 0 Å². The minimum Gasteiger partial charge on any atom is -0.493 e. The Bertz CT molecular complexity index is 861. The Morgan fingerprint density at radius 3 is 3.18 bits per heavy atom. The molecule has 5 atom stereocenters. The molecule has 1 spiro atoms. The summed E-state index contributed by atoms with van der Waals surface area (Å²) in [4.78, 5) is 1.63. The van der Waals surface area contributed by atoms with Crippen LogP contribution in [0.25, 0.3) is 0 Å². The molecule has 116 valence electrons. The van der Waals surface area contributed by atoms with E-state index in [-0.39, 0.29) is 0 Å². The van der Waals surface area contributed by atoms with Crippen LogP contribution in [0.15, 0.2) is 24.3 Å². The van der Waals surface area contributed by atoms with Crippen molar-refractivity contribution in [2.75, 3.05) is 20.7 Å². The lowest BCUT2D eigenvalue weighted by atomic mass is 9.53. The van der Waals surface area contributed by atoms with Crippen molar-refractivity contribution in [3.8, 4) is 11.5 Å². The number of aliphatic hydroxyl groups is 1. The molecule has 4 heteroatoms. The first kappa shape index (κ1) is 9.58. The van der Waals surface area contributed by atoms with Gasteiger partial charge in [0.05, 0.1) is 7.11 Å². The molecule has 1 aromatic rings. The molecule has 0 aromatic heterocycles. The Hall–Kier alpha value is -1.52. The zero-order valence-corrected chi connectivity index (χ0v) is 12.6. The highest BCUT2D eigenvalue weighted by atomic mass is 16.5. The molecule has 22 heavy (non-hydrogen) atoms. The van der Waals surface area contributed by atoms with Gasteiger partial charge in [0.15, 0.2) is 11.5 Å². The number of rotatable bonds is 1. The van der Waals surface area contributed by atoms with Crippen LogP contribution in [0.3, 0.4) is 0 Å². The molecular weight excluding hydrogens is 278 g/mol. The number of methoxy groups -OCH3 is 1. The van der Waals surface area contributed by atoms with E-state index < -0.39 is 35.9 Å². The van der Waals surface area contributed by atoms with Gasteiger partial charge >= 0.3 is 0 Å². The van der Waals surface area contributed by atoms with Crippen LogP contribution in [-0.2, 0) is 11.8 Å². The predicted octanol–water partition coefficient (Wildman–Crippen LogP) is 1.50. The van der Waals surface area contributed by atoms with Crippen LogP contribution in [0.1, 0.15) is 23.0 Å². The van der Waals surface area contributed by atoms with Crippen molar-refractivity contribution >= 4 is 0 Å². The third kappa shape index (κ3) is 1.28. The molecule has 4 aliphatic rings. The van der Waals surface area contributed by atoms with Crippen molar-refractivity contribution in [1.29, 1.82) is 0 Å². The maximum atomic E-state index is 10.6. The molecule has 1 saturated heterocycles. The molecule has 2 heterocycles. The van der Waals surface area contributed by atoms with Gasteiger partial charge in [0.1, 0.15) is 12.2 Å². The molecule has 1 fully saturated rings. The summed E-state index contributed by atoms with van der Waals surface area (Å²) in [6.45, 7) is 0.445. The Morgan fingerprint density at radius 2 is 2.36 bits per heavy atom. The maximum absolute atomic E-state index is 10.6. The zero-order chi connectivity index (χ0) is 18.7. The molecule has 2 unspecified atom stereocenters. The summed E-state index contributed by atoms with van der Waals surface area (Å²) in [5.74, 6) is -0.732. The summed E-state index contributed by atoms with van der Waals surface area (Å²) in [6.07, 6.45) is -0.245. The highest BCUT2D eigenvalue weighted by Crippen LogP contribution is 2.62. The number of ether oxygens (including phenoxy) is 2. The van der Waals surface area contributed by atoms with Gasteiger partial charge in [0.2, 0.25) is 0 Å². The summed E-state index contributed by atoms with van der Waals surface area (Å²) < 4.78 is 47.9. The van der Waals surface area contributed by atoms with Gasteiger partial charge in [-0.3, -0.25) is 0 Å². The molecule has 2 bridgehead atoms. The fourth-order valence-corrected chi connectivity index (χ4v) is 4.50. The number of piperidine rings is 1. The van der Waals surface area contributed by atoms with E-state index in [1.54, 1.807) is 24.1 Å². The molecule has 0 radical (unpaired) electrons. The number of hydrogen-bond acceptors (Lipinski definition) is 4. The average molecular weight is 303 g/mol. The van der Waals surface area contributed by atoms with Crippen LogP contribution in [0.2, 0.25) is 0 Å². The Kier molecular flexibility index (Phi) is 1.77. The summed E-state index contributed by atoms with van der Waals surface area (Å²) >= 11 is 0. The summed E-state index contributed by atoms with van der Waals surface area (Å²) in [7, 11) is 3.22. The molecule has 1 aromatic carbocycles. The van der Waals surface area contributed by atoms with E-state index >= 15 is 0 Å². The van der Waals surface area contributed by atoms with Gasteiger partial charge in [-0.05, 0) is 38.0 Å². The number of nitrogens with zero attached hydrogens (tertiary/aromatic N) is 1. The second kappa shape index (κ2) is 4.06. The lowest BCUT2D eigenvalue weighted by Gasteiger charge is -2.56. The Balaban J connectivity index is 1.98. The molecule has 4 nitrogen and oxygen atoms in total. The predicted molar refractivity (Wildman–Crippen MR) is 82.5 cm³/mol. The first-order chi connectivity index (χ1) is 12.2. The van der Waals surface area contributed by atoms with Crippen molar-refractivity contribution in [1.82, 2.24) is 4.90 Å².